The number of aliphatic hydroxyl groups is 2. The summed E-state index contributed by atoms with van der Waals surface area (Å²) in [7, 11) is 1.24. The molecule has 4 bridgehead atoms. The predicted octanol–water partition coefficient (Wildman–Crippen LogP) is 1.75. The van der Waals surface area contributed by atoms with Crippen LogP contribution >= 0.6 is 0 Å². The lowest BCUT2D eigenvalue weighted by Gasteiger charge is -2.29. The third-order valence-electron chi connectivity index (χ3n) is 7.98. The maximum atomic E-state index is 13.9. The fraction of sp³-hybridized carbons (Fsp3) is 0.382. The van der Waals surface area contributed by atoms with E-state index in [1.807, 2.05) is 13.8 Å². The van der Waals surface area contributed by atoms with E-state index in [0.717, 1.165) is 0 Å². The Labute approximate surface area is 282 Å². The molecule has 0 spiro atoms. The third-order valence-corrected chi connectivity index (χ3v) is 7.98. The lowest BCUT2D eigenvalue weighted by molar-refractivity contribution is -0.385. The zero-order valence-electron chi connectivity index (χ0n) is 27.3. The molecule has 8 N–H and O–H groups in total. The lowest BCUT2D eigenvalue weighted by Crippen LogP contribution is -2.57. The predicted molar refractivity (Wildman–Crippen MR) is 177 cm³/mol. The molecule has 5 rings (SSSR count). The van der Waals surface area contributed by atoms with Gasteiger partial charge in [0.1, 0.15) is 18.2 Å². The molecule has 2 heterocycles. The van der Waals surface area contributed by atoms with Crippen molar-refractivity contribution >= 4 is 23.4 Å². The first kappa shape index (κ1) is 36.6. The lowest BCUT2D eigenvalue weighted by atomic mass is 9.98. The molecule has 5 atom stereocenters. The maximum Gasteiger partial charge on any atom is 0.311 e. The van der Waals surface area contributed by atoms with Crippen molar-refractivity contribution in [3.05, 3.63) is 87.5 Å². The number of methoxy groups -OCH3 is 1. The van der Waals surface area contributed by atoms with E-state index in [-0.39, 0.29) is 47.1 Å². The van der Waals surface area contributed by atoms with Gasteiger partial charge in [-0.3, -0.25) is 24.5 Å². The minimum atomic E-state index is -1.61. The average molecular weight is 680 g/mol. The molecule has 0 unspecified atom stereocenters. The Morgan fingerprint density at radius 3 is 2.45 bits per heavy atom. The number of phenolic OH excluding ortho intramolecular Hbond substituents is 1. The van der Waals surface area contributed by atoms with Crippen molar-refractivity contribution in [3.8, 4) is 23.0 Å². The highest BCUT2D eigenvalue weighted by molar-refractivity contribution is 5.93. The van der Waals surface area contributed by atoms with E-state index in [2.05, 4.69) is 16.0 Å². The monoisotopic (exact) mass is 679 g/mol. The summed E-state index contributed by atoms with van der Waals surface area (Å²) in [6, 6.07) is 10.3. The molecule has 15 nitrogen and oxygen atoms in total. The van der Waals surface area contributed by atoms with Gasteiger partial charge < -0.3 is 46.5 Å². The molecular formula is C34H41N5O10. The van der Waals surface area contributed by atoms with Gasteiger partial charge in [-0.2, -0.15) is 0 Å². The largest absolute Gasteiger partial charge is 0.504 e. The van der Waals surface area contributed by atoms with Crippen LogP contribution in [-0.2, 0) is 27.2 Å². The van der Waals surface area contributed by atoms with Crippen LogP contribution in [0, 0.1) is 16.0 Å². The standard InChI is InChI=1S/C34H41N5O10/c1-18(2)11-22(35)32(43)36-24-13-20-9-10-28(25(14-20)39(46)47)49-29-16-21(15-26(41)31(29)48-3)30(27(42)17-40)38-34(45)23(37-33(24)44)12-19-7-5-4-6-8-19/h4-10,14-16,18,22-24,27,30,40-42H,11-13,17,35H2,1-3H3,(H,36,43)(H,37,44)(H,38,45)/t22-,23+,24-,27-,30-/m1/s1. The minimum Gasteiger partial charge on any atom is -0.504 e. The number of nitrogens with one attached hydrogen (secondary N) is 3. The molecular weight excluding hydrogens is 638 g/mol. The number of hydrogen-bond acceptors (Lipinski definition) is 11. The number of benzene rings is 3. The molecule has 3 aromatic carbocycles. The van der Waals surface area contributed by atoms with Gasteiger partial charge in [-0.1, -0.05) is 50.2 Å². The summed E-state index contributed by atoms with van der Waals surface area (Å²) in [6.07, 6.45) is -1.53. The van der Waals surface area contributed by atoms with Crippen molar-refractivity contribution in [1.29, 1.82) is 0 Å². The summed E-state index contributed by atoms with van der Waals surface area (Å²) in [5, 5.41) is 51.8. The number of phenols is 1. The highest BCUT2D eigenvalue weighted by Crippen LogP contribution is 2.43. The van der Waals surface area contributed by atoms with Gasteiger partial charge in [-0.05, 0) is 47.2 Å². The first-order valence-corrected chi connectivity index (χ1v) is 15.7. The molecule has 2 aliphatic heterocycles. The fourth-order valence-electron chi connectivity index (χ4n) is 5.54. The quantitative estimate of drug-likeness (QED) is 0.120. The number of aliphatic hydroxyl groups excluding tert-OH is 2. The van der Waals surface area contributed by atoms with Gasteiger partial charge in [0.05, 0.1) is 30.7 Å². The zero-order valence-corrected chi connectivity index (χ0v) is 27.3. The van der Waals surface area contributed by atoms with Crippen molar-refractivity contribution < 1.29 is 44.1 Å². The topological polar surface area (TPSA) is 236 Å². The van der Waals surface area contributed by atoms with Crippen molar-refractivity contribution in [2.24, 2.45) is 11.7 Å². The normalized spacial score (nSPS) is 19.3. The second-order valence-electron chi connectivity index (χ2n) is 12.2. The smallest absolute Gasteiger partial charge is 0.311 e. The van der Waals surface area contributed by atoms with E-state index in [1.165, 1.54) is 37.4 Å². The fourth-order valence-corrected chi connectivity index (χ4v) is 5.54. The van der Waals surface area contributed by atoms with Crippen LogP contribution < -0.4 is 31.2 Å². The summed E-state index contributed by atoms with van der Waals surface area (Å²) < 4.78 is 11.2. The van der Waals surface area contributed by atoms with Gasteiger partial charge in [-0.15, -0.1) is 0 Å². The number of amides is 3. The number of aromatic hydroxyl groups is 1. The SMILES string of the molecule is COc1c(O)cc2cc1Oc1ccc(cc1[N+](=O)[O-])C[C@@H](NC(=O)[C@H](N)CC(C)C)C(=O)N[C@@H](Cc1ccccc1)C(=O)N[C@H]2[C@H](O)CO. The van der Waals surface area contributed by atoms with Gasteiger partial charge in [0.25, 0.3) is 0 Å². The van der Waals surface area contributed by atoms with Crippen LogP contribution in [-0.4, -0.2) is 75.9 Å². The van der Waals surface area contributed by atoms with Crippen LogP contribution in [0.1, 0.15) is 43.0 Å². The van der Waals surface area contributed by atoms with Crippen LogP contribution in [0.25, 0.3) is 0 Å². The van der Waals surface area contributed by atoms with E-state index in [9.17, 15) is 39.8 Å². The van der Waals surface area contributed by atoms with Crippen molar-refractivity contribution in [2.75, 3.05) is 13.7 Å². The highest BCUT2D eigenvalue weighted by Gasteiger charge is 2.33. The molecule has 0 saturated heterocycles. The minimum absolute atomic E-state index is 0.0176. The Balaban J connectivity index is 1.88. The summed E-state index contributed by atoms with van der Waals surface area (Å²) in [5.74, 6) is -3.22. The Bertz CT molecular complexity index is 1670. The van der Waals surface area contributed by atoms with Crippen LogP contribution in [0.5, 0.6) is 23.0 Å². The van der Waals surface area contributed by atoms with Crippen LogP contribution in [0.4, 0.5) is 5.69 Å². The van der Waals surface area contributed by atoms with Gasteiger partial charge >= 0.3 is 5.69 Å². The number of ether oxygens (including phenoxy) is 2. The first-order chi connectivity index (χ1) is 23.3. The van der Waals surface area contributed by atoms with Gasteiger partial charge in [-0.25, -0.2) is 0 Å². The molecule has 0 aliphatic carbocycles. The molecule has 0 radical (unpaired) electrons. The van der Waals surface area contributed by atoms with Crippen LogP contribution in [0.2, 0.25) is 0 Å². The van der Waals surface area contributed by atoms with Gasteiger partial charge in [0.15, 0.2) is 11.5 Å². The van der Waals surface area contributed by atoms with Gasteiger partial charge in [0, 0.05) is 18.9 Å². The van der Waals surface area contributed by atoms with Crippen LogP contribution in [0.3, 0.4) is 0 Å². The van der Waals surface area contributed by atoms with E-state index >= 15 is 0 Å². The van der Waals surface area contributed by atoms with Gasteiger partial charge in [0.2, 0.25) is 29.2 Å². The molecule has 49 heavy (non-hydrogen) atoms. The Kier molecular flexibility index (Phi) is 12.1. The molecule has 2 aliphatic rings. The highest BCUT2D eigenvalue weighted by atomic mass is 16.6. The van der Waals surface area contributed by atoms with Crippen molar-refractivity contribution in [2.45, 2.75) is 63.4 Å². The maximum absolute atomic E-state index is 13.9. The molecule has 262 valence electrons. The number of nitro benzene ring substituents is 1. The number of carbonyl (C=O) groups is 3. The second-order valence-corrected chi connectivity index (χ2v) is 12.2. The first-order valence-electron chi connectivity index (χ1n) is 15.7. The Morgan fingerprint density at radius 2 is 1.82 bits per heavy atom. The average Bonchev–Trinajstić information content (AvgIpc) is 3.06. The molecule has 0 saturated carbocycles. The molecule has 15 heteroatoms. The van der Waals surface area contributed by atoms with E-state index in [4.69, 9.17) is 15.2 Å². The van der Waals surface area contributed by atoms with E-state index in [1.54, 1.807) is 30.3 Å². The van der Waals surface area contributed by atoms with E-state index < -0.39 is 71.0 Å². The third kappa shape index (κ3) is 9.22. The van der Waals surface area contributed by atoms with Crippen molar-refractivity contribution in [1.82, 2.24) is 16.0 Å². The Hall–Kier alpha value is -5.25. The summed E-state index contributed by atoms with van der Waals surface area (Å²) in [4.78, 5) is 52.6. The zero-order chi connectivity index (χ0) is 35.8. The number of carbonyl (C=O) groups excluding carboxylic acids is 3. The van der Waals surface area contributed by atoms with Crippen LogP contribution in [0.15, 0.2) is 60.7 Å². The number of hydrogen-bond donors (Lipinski definition) is 7. The summed E-state index contributed by atoms with van der Waals surface area (Å²) >= 11 is 0. The number of nitrogens with two attached hydrogens (primary N) is 1. The summed E-state index contributed by atoms with van der Waals surface area (Å²) in [6.45, 7) is 2.95. The number of nitro groups is 1. The summed E-state index contributed by atoms with van der Waals surface area (Å²) in [5.41, 5.74) is 6.60. The molecule has 3 aromatic rings. The van der Waals surface area contributed by atoms with E-state index in [0.29, 0.717) is 12.0 Å². The second kappa shape index (κ2) is 16.2. The molecule has 0 aromatic heterocycles. The molecule has 0 fully saturated rings. The molecule has 3 amide bonds. The van der Waals surface area contributed by atoms with Crippen molar-refractivity contribution in [3.63, 3.8) is 0 Å². The number of rotatable bonds is 10. The number of fused-ring (bicyclic) bond motifs is 9. The number of nitrogens with zero attached hydrogens (tertiary/aromatic N) is 1. The Morgan fingerprint density at radius 1 is 1.10 bits per heavy atom.